The van der Waals surface area contributed by atoms with Crippen molar-refractivity contribution in [2.75, 3.05) is 13.1 Å². The molecule has 14 nitrogen and oxygen atoms in total. The average Bonchev–Trinajstić information content (AvgIpc) is 3.53. The molecule has 14 heteroatoms. The number of ether oxygens (including phenoxy) is 5. The molecule has 5 atom stereocenters. The van der Waals surface area contributed by atoms with Gasteiger partial charge in [0.2, 0.25) is 5.91 Å². The lowest BCUT2D eigenvalue weighted by molar-refractivity contribution is -0.200. The van der Waals surface area contributed by atoms with E-state index in [0.717, 1.165) is 15.7 Å². The summed E-state index contributed by atoms with van der Waals surface area (Å²) in [5, 5.41) is 5.77. The predicted octanol–water partition coefficient (Wildman–Crippen LogP) is 1.36. The minimum Gasteiger partial charge on any atom is -0.445 e. The quantitative estimate of drug-likeness (QED) is 0.219. The van der Waals surface area contributed by atoms with E-state index in [4.69, 9.17) is 29.4 Å². The standard InChI is InChI=1S/C32H39N5O9/c1-32(2)45-26-25(24(28(33)39)34-15-9-16-35-30(40)43-19-22-12-7-4-8-13-22)44-29(27(26)46-32)36-17-14-23(38)37(31(36)41)20-42-18-21-10-5-3-6-11-21/h3-8,10-14,17,24-27,29,34H,9,15-16,18-20H2,1-2H3,(H2,33,39)(H,35,40)/t24-,25-,26-,27-,29-/m1/s1. The summed E-state index contributed by atoms with van der Waals surface area (Å²) in [6, 6.07) is 18.9. The van der Waals surface area contributed by atoms with Crippen LogP contribution in [0.25, 0.3) is 0 Å². The van der Waals surface area contributed by atoms with Gasteiger partial charge in [-0.05, 0) is 37.9 Å². The Hall–Kier alpha value is -4.34. The van der Waals surface area contributed by atoms with Crippen molar-refractivity contribution in [2.24, 2.45) is 5.73 Å². The summed E-state index contributed by atoms with van der Waals surface area (Å²) >= 11 is 0. The van der Waals surface area contributed by atoms with Crippen molar-refractivity contribution < 1.29 is 33.3 Å². The molecule has 46 heavy (non-hydrogen) atoms. The Balaban J connectivity index is 1.21. The second-order valence-electron chi connectivity index (χ2n) is 11.5. The van der Waals surface area contributed by atoms with E-state index >= 15 is 0 Å². The van der Waals surface area contributed by atoms with E-state index in [0.29, 0.717) is 13.0 Å². The fraction of sp³-hybridized carbons (Fsp3) is 0.438. The molecule has 246 valence electrons. The molecule has 0 unspecified atom stereocenters. The summed E-state index contributed by atoms with van der Waals surface area (Å²) in [5.41, 5.74) is 6.33. The van der Waals surface area contributed by atoms with Crippen LogP contribution in [0.3, 0.4) is 0 Å². The number of hydrogen-bond donors (Lipinski definition) is 3. The van der Waals surface area contributed by atoms with E-state index in [1.165, 1.54) is 16.8 Å². The Kier molecular flexibility index (Phi) is 10.7. The van der Waals surface area contributed by atoms with Crippen molar-refractivity contribution in [3.63, 3.8) is 0 Å². The largest absolute Gasteiger partial charge is 0.445 e. The van der Waals surface area contributed by atoms with Crippen LogP contribution in [-0.4, -0.2) is 64.4 Å². The Morgan fingerprint density at radius 1 is 0.935 bits per heavy atom. The van der Waals surface area contributed by atoms with E-state index < -0.39 is 59.6 Å². The number of alkyl carbamates (subject to hydrolysis) is 1. The molecule has 0 spiro atoms. The Morgan fingerprint density at radius 3 is 2.26 bits per heavy atom. The summed E-state index contributed by atoms with van der Waals surface area (Å²) in [6.45, 7) is 4.09. The molecule has 2 saturated heterocycles. The fourth-order valence-electron chi connectivity index (χ4n) is 5.46. The first-order chi connectivity index (χ1) is 22.1. The van der Waals surface area contributed by atoms with Gasteiger partial charge in [-0.1, -0.05) is 60.7 Å². The van der Waals surface area contributed by atoms with E-state index in [1.54, 1.807) is 13.8 Å². The number of fused-ring (bicyclic) bond motifs is 1. The highest BCUT2D eigenvalue weighted by molar-refractivity contribution is 5.80. The number of hydrogen-bond acceptors (Lipinski definition) is 10. The molecular formula is C32H39N5O9. The topological polar surface area (TPSA) is 174 Å². The lowest BCUT2D eigenvalue weighted by atomic mass is 10.0. The highest BCUT2D eigenvalue weighted by Crippen LogP contribution is 2.43. The molecule has 2 amide bonds. The van der Waals surface area contributed by atoms with Gasteiger partial charge >= 0.3 is 11.8 Å². The van der Waals surface area contributed by atoms with Crippen molar-refractivity contribution in [2.45, 2.75) is 76.6 Å². The molecule has 1 aromatic heterocycles. The number of amides is 2. The first kappa shape index (κ1) is 33.0. The fourth-order valence-corrected chi connectivity index (χ4v) is 5.46. The molecular weight excluding hydrogens is 598 g/mol. The molecule has 0 aliphatic carbocycles. The van der Waals surface area contributed by atoms with Gasteiger partial charge in [-0.3, -0.25) is 14.2 Å². The Labute approximate surface area is 265 Å². The van der Waals surface area contributed by atoms with Crippen LogP contribution in [0.15, 0.2) is 82.5 Å². The van der Waals surface area contributed by atoms with Crippen LogP contribution >= 0.6 is 0 Å². The number of nitrogens with one attached hydrogen (secondary N) is 2. The molecule has 0 radical (unpaired) electrons. The van der Waals surface area contributed by atoms with Gasteiger partial charge in [-0.25, -0.2) is 14.2 Å². The third-order valence-electron chi connectivity index (χ3n) is 7.60. The summed E-state index contributed by atoms with van der Waals surface area (Å²) in [4.78, 5) is 50.8. The summed E-state index contributed by atoms with van der Waals surface area (Å²) in [7, 11) is 0. The highest BCUT2D eigenvalue weighted by Gasteiger charge is 2.58. The van der Waals surface area contributed by atoms with Gasteiger partial charge in [0.1, 0.15) is 37.7 Å². The highest BCUT2D eigenvalue weighted by atomic mass is 16.8. The normalized spacial score (nSPS) is 22.2. The number of primary amides is 1. The Morgan fingerprint density at radius 2 is 1.59 bits per heavy atom. The average molecular weight is 638 g/mol. The molecule has 5 rings (SSSR count). The number of carbonyl (C=O) groups is 2. The van der Waals surface area contributed by atoms with Gasteiger partial charge in [-0.2, -0.15) is 0 Å². The molecule has 2 fully saturated rings. The van der Waals surface area contributed by atoms with Gasteiger partial charge in [0, 0.05) is 18.8 Å². The predicted molar refractivity (Wildman–Crippen MR) is 164 cm³/mol. The van der Waals surface area contributed by atoms with Crippen LogP contribution in [0.4, 0.5) is 4.79 Å². The third kappa shape index (κ3) is 8.08. The maximum absolute atomic E-state index is 13.5. The van der Waals surface area contributed by atoms with Gasteiger partial charge in [-0.15, -0.1) is 0 Å². The van der Waals surface area contributed by atoms with Gasteiger partial charge < -0.3 is 40.1 Å². The van der Waals surface area contributed by atoms with E-state index in [-0.39, 0.29) is 26.5 Å². The van der Waals surface area contributed by atoms with E-state index in [1.807, 2.05) is 60.7 Å². The van der Waals surface area contributed by atoms with Gasteiger partial charge in [0.25, 0.3) is 5.56 Å². The minimum absolute atomic E-state index is 0.150. The number of benzene rings is 2. The summed E-state index contributed by atoms with van der Waals surface area (Å²) in [6.07, 6.45) is -2.31. The zero-order valence-corrected chi connectivity index (χ0v) is 25.7. The van der Waals surface area contributed by atoms with Crippen LogP contribution in [0.2, 0.25) is 0 Å². The number of carbonyl (C=O) groups excluding carboxylic acids is 2. The maximum atomic E-state index is 13.5. The van der Waals surface area contributed by atoms with Crippen LogP contribution in [-0.2, 0) is 48.4 Å². The van der Waals surface area contributed by atoms with Crippen molar-refractivity contribution in [1.82, 2.24) is 19.8 Å². The SMILES string of the molecule is CC1(C)O[C@H]2[C@@H](O1)[C@H](n1ccc(=O)n(COCc3ccccc3)c1=O)O[C@@H]2[C@@H](NCCCNC(=O)OCc1ccccc1)C(N)=O. The third-order valence-corrected chi connectivity index (χ3v) is 7.60. The summed E-state index contributed by atoms with van der Waals surface area (Å²) < 4.78 is 31.6. The van der Waals surface area contributed by atoms with Crippen LogP contribution in [0, 0.1) is 0 Å². The van der Waals surface area contributed by atoms with Crippen molar-refractivity contribution >= 4 is 12.0 Å². The number of nitrogens with zero attached hydrogens (tertiary/aromatic N) is 2. The zero-order chi connectivity index (χ0) is 32.7. The molecule has 2 aromatic carbocycles. The monoisotopic (exact) mass is 637 g/mol. The molecule has 2 aliphatic rings. The number of rotatable bonds is 14. The van der Waals surface area contributed by atoms with Gasteiger partial charge in [0.05, 0.1) is 6.61 Å². The molecule has 2 aliphatic heterocycles. The van der Waals surface area contributed by atoms with Crippen molar-refractivity contribution in [3.8, 4) is 0 Å². The Bertz CT molecular complexity index is 1590. The number of aromatic nitrogens is 2. The van der Waals surface area contributed by atoms with Crippen LogP contribution in [0.5, 0.6) is 0 Å². The second kappa shape index (κ2) is 14.8. The van der Waals surface area contributed by atoms with Crippen molar-refractivity contribution in [1.29, 1.82) is 0 Å². The second-order valence-corrected chi connectivity index (χ2v) is 11.5. The zero-order valence-electron chi connectivity index (χ0n) is 25.7. The van der Waals surface area contributed by atoms with Crippen LogP contribution in [0.1, 0.15) is 37.6 Å². The molecule has 0 saturated carbocycles. The minimum atomic E-state index is -1.04. The lowest BCUT2D eigenvalue weighted by Gasteiger charge is -2.28. The smallest absolute Gasteiger partial charge is 0.407 e. The van der Waals surface area contributed by atoms with E-state index in [2.05, 4.69) is 10.6 Å². The van der Waals surface area contributed by atoms with Gasteiger partial charge in [0.15, 0.2) is 12.0 Å². The lowest BCUT2D eigenvalue weighted by Crippen LogP contribution is -2.54. The molecule has 0 bridgehead atoms. The molecule has 4 N–H and O–H groups in total. The number of nitrogens with two attached hydrogens (primary N) is 1. The molecule has 3 aromatic rings. The summed E-state index contributed by atoms with van der Waals surface area (Å²) in [5.74, 6) is -1.74. The maximum Gasteiger partial charge on any atom is 0.407 e. The van der Waals surface area contributed by atoms with Crippen LogP contribution < -0.4 is 27.6 Å². The first-order valence-corrected chi connectivity index (χ1v) is 15.0. The molecule has 3 heterocycles. The van der Waals surface area contributed by atoms with E-state index in [9.17, 15) is 19.2 Å². The first-order valence-electron chi connectivity index (χ1n) is 15.0. The van der Waals surface area contributed by atoms with Crippen molar-refractivity contribution in [3.05, 3.63) is 105 Å².